The van der Waals surface area contributed by atoms with Gasteiger partial charge in [-0.05, 0) is 12.1 Å². The zero-order valence-electron chi connectivity index (χ0n) is 8.03. The van der Waals surface area contributed by atoms with Gasteiger partial charge in [0.25, 0.3) is 5.91 Å². The van der Waals surface area contributed by atoms with Crippen molar-refractivity contribution >= 4 is 5.91 Å². The highest BCUT2D eigenvalue weighted by Crippen LogP contribution is 2.37. The highest BCUT2D eigenvalue weighted by molar-refractivity contribution is 5.99. The van der Waals surface area contributed by atoms with Crippen LogP contribution < -0.4 is 15.2 Å². The first-order chi connectivity index (χ1) is 7.20. The molecular formula is C10H11NO4. The SMILES string of the molecule is NC(=O)c1c(O)ccc2c1OCCCO2. The lowest BCUT2D eigenvalue weighted by atomic mass is 10.1. The Hall–Kier alpha value is -1.91. The Morgan fingerprint density at radius 2 is 2.07 bits per heavy atom. The smallest absolute Gasteiger partial charge is 0.256 e. The van der Waals surface area contributed by atoms with E-state index in [-0.39, 0.29) is 17.1 Å². The molecule has 1 heterocycles. The number of hydrogen-bond donors (Lipinski definition) is 2. The molecule has 0 spiro atoms. The Morgan fingerprint density at radius 3 is 2.80 bits per heavy atom. The highest BCUT2D eigenvalue weighted by Gasteiger charge is 2.21. The molecule has 0 bridgehead atoms. The second-order valence-corrected chi connectivity index (χ2v) is 3.20. The number of fused-ring (bicyclic) bond motifs is 1. The zero-order chi connectivity index (χ0) is 10.8. The molecule has 1 aliphatic rings. The first-order valence-electron chi connectivity index (χ1n) is 4.61. The van der Waals surface area contributed by atoms with E-state index in [0.29, 0.717) is 19.0 Å². The van der Waals surface area contributed by atoms with Gasteiger partial charge in [-0.25, -0.2) is 0 Å². The number of phenols is 1. The molecule has 3 N–H and O–H groups in total. The third-order valence-electron chi connectivity index (χ3n) is 2.14. The Kier molecular flexibility index (Phi) is 2.37. The Bertz CT molecular complexity index is 403. The first-order valence-corrected chi connectivity index (χ1v) is 4.61. The minimum atomic E-state index is -0.727. The Morgan fingerprint density at radius 1 is 1.33 bits per heavy atom. The van der Waals surface area contributed by atoms with Crippen LogP contribution in [0.25, 0.3) is 0 Å². The number of aromatic hydroxyl groups is 1. The molecule has 0 aliphatic carbocycles. The summed E-state index contributed by atoms with van der Waals surface area (Å²) in [5, 5.41) is 9.49. The van der Waals surface area contributed by atoms with E-state index in [4.69, 9.17) is 15.2 Å². The molecule has 80 valence electrons. The lowest BCUT2D eigenvalue weighted by molar-refractivity contribution is 0.0993. The van der Waals surface area contributed by atoms with Gasteiger partial charge in [0, 0.05) is 6.42 Å². The molecule has 0 saturated carbocycles. The van der Waals surface area contributed by atoms with Crippen LogP contribution >= 0.6 is 0 Å². The van der Waals surface area contributed by atoms with E-state index in [1.165, 1.54) is 6.07 Å². The molecule has 1 aliphatic heterocycles. The molecule has 0 radical (unpaired) electrons. The van der Waals surface area contributed by atoms with Gasteiger partial charge < -0.3 is 20.3 Å². The fourth-order valence-electron chi connectivity index (χ4n) is 1.46. The maximum atomic E-state index is 11.1. The van der Waals surface area contributed by atoms with Crippen LogP contribution in [0.3, 0.4) is 0 Å². The molecule has 0 atom stereocenters. The van der Waals surface area contributed by atoms with Crippen LogP contribution in [0.15, 0.2) is 12.1 Å². The Labute approximate surface area is 86.4 Å². The van der Waals surface area contributed by atoms with Gasteiger partial charge in [0.2, 0.25) is 0 Å². The van der Waals surface area contributed by atoms with Crippen molar-refractivity contribution in [2.45, 2.75) is 6.42 Å². The number of carbonyl (C=O) groups excluding carboxylic acids is 1. The van der Waals surface area contributed by atoms with Crippen LogP contribution in [0.4, 0.5) is 0 Å². The summed E-state index contributed by atoms with van der Waals surface area (Å²) in [5.41, 5.74) is 5.14. The van der Waals surface area contributed by atoms with E-state index in [2.05, 4.69) is 0 Å². The average molecular weight is 209 g/mol. The molecule has 15 heavy (non-hydrogen) atoms. The third-order valence-corrected chi connectivity index (χ3v) is 2.14. The number of benzene rings is 1. The van der Waals surface area contributed by atoms with Crippen LogP contribution in [0.5, 0.6) is 17.2 Å². The van der Waals surface area contributed by atoms with Crippen molar-refractivity contribution in [2.24, 2.45) is 5.73 Å². The topological polar surface area (TPSA) is 81.8 Å². The van der Waals surface area contributed by atoms with Crippen molar-refractivity contribution in [1.82, 2.24) is 0 Å². The van der Waals surface area contributed by atoms with Crippen LogP contribution in [0.1, 0.15) is 16.8 Å². The predicted octanol–water partition coefficient (Wildman–Crippen LogP) is 0.652. The average Bonchev–Trinajstić information content (AvgIpc) is 2.41. The molecule has 0 aromatic heterocycles. The molecule has 1 aromatic carbocycles. The third kappa shape index (κ3) is 1.68. The molecular weight excluding hydrogens is 198 g/mol. The minimum absolute atomic E-state index is 0.0191. The number of nitrogens with two attached hydrogens (primary N) is 1. The largest absolute Gasteiger partial charge is 0.507 e. The van der Waals surface area contributed by atoms with Crippen molar-refractivity contribution in [3.05, 3.63) is 17.7 Å². The minimum Gasteiger partial charge on any atom is -0.507 e. The lowest BCUT2D eigenvalue weighted by Gasteiger charge is -2.11. The van der Waals surface area contributed by atoms with E-state index >= 15 is 0 Å². The Balaban J connectivity index is 2.56. The normalized spacial score (nSPS) is 14.4. The van der Waals surface area contributed by atoms with E-state index in [9.17, 15) is 9.90 Å². The van der Waals surface area contributed by atoms with Crippen molar-refractivity contribution in [3.8, 4) is 17.2 Å². The lowest BCUT2D eigenvalue weighted by Crippen LogP contribution is -2.13. The molecule has 1 aromatic rings. The fourth-order valence-corrected chi connectivity index (χ4v) is 1.46. The quantitative estimate of drug-likeness (QED) is 0.711. The maximum absolute atomic E-state index is 11.1. The summed E-state index contributed by atoms with van der Waals surface area (Å²) in [5.74, 6) is -0.235. The van der Waals surface area contributed by atoms with E-state index in [0.717, 1.165) is 6.42 Å². The fraction of sp³-hybridized carbons (Fsp3) is 0.300. The molecule has 5 nitrogen and oxygen atoms in total. The van der Waals surface area contributed by atoms with Crippen molar-refractivity contribution in [2.75, 3.05) is 13.2 Å². The molecule has 0 fully saturated rings. The number of hydrogen-bond acceptors (Lipinski definition) is 4. The van der Waals surface area contributed by atoms with Gasteiger partial charge in [0.15, 0.2) is 11.5 Å². The summed E-state index contributed by atoms with van der Waals surface area (Å²) < 4.78 is 10.7. The molecule has 0 saturated heterocycles. The van der Waals surface area contributed by atoms with Crippen LogP contribution in [0, 0.1) is 0 Å². The summed E-state index contributed by atoms with van der Waals surface area (Å²) in [6.07, 6.45) is 0.730. The van der Waals surface area contributed by atoms with E-state index in [1.54, 1.807) is 6.07 Å². The van der Waals surface area contributed by atoms with Crippen molar-refractivity contribution in [1.29, 1.82) is 0 Å². The maximum Gasteiger partial charge on any atom is 0.256 e. The van der Waals surface area contributed by atoms with Crippen molar-refractivity contribution < 1.29 is 19.4 Å². The summed E-state index contributed by atoms with van der Waals surface area (Å²) in [7, 11) is 0. The monoisotopic (exact) mass is 209 g/mol. The first kappa shape index (κ1) is 9.64. The summed E-state index contributed by atoms with van der Waals surface area (Å²) >= 11 is 0. The van der Waals surface area contributed by atoms with Crippen molar-refractivity contribution in [3.63, 3.8) is 0 Å². The highest BCUT2D eigenvalue weighted by atomic mass is 16.5. The molecule has 1 amide bonds. The van der Waals surface area contributed by atoms with Gasteiger partial charge in [-0.1, -0.05) is 0 Å². The standard InChI is InChI=1S/C10H11NO4/c11-10(13)8-6(12)2-3-7-9(8)15-5-1-4-14-7/h2-3,12H,1,4-5H2,(H2,11,13). The van der Waals surface area contributed by atoms with Gasteiger partial charge in [-0.2, -0.15) is 0 Å². The number of ether oxygens (including phenoxy) is 2. The summed E-state index contributed by atoms with van der Waals surface area (Å²) in [4.78, 5) is 11.1. The predicted molar refractivity (Wildman–Crippen MR) is 52.2 cm³/mol. The van der Waals surface area contributed by atoms with E-state index < -0.39 is 5.91 Å². The van der Waals surface area contributed by atoms with Crippen LogP contribution in [-0.4, -0.2) is 24.2 Å². The molecule has 5 heteroatoms. The number of rotatable bonds is 1. The summed E-state index contributed by atoms with van der Waals surface area (Å²) in [6, 6.07) is 2.93. The number of amides is 1. The van der Waals surface area contributed by atoms with E-state index in [1.807, 2.05) is 0 Å². The van der Waals surface area contributed by atoms with Gasteiger partial charge in [-0.15, -0.1) is 0 Å². The van der Waals surface area contributed by atoms with Gasteiger partial charge in [0.1, 0.15) is 11.3 Å². The zero-order valence-corrected chi connectivity index (χ0v) is 8.03. The van der Waals surface area contributed by atoms with Crippen LogP contribution in [-0.2, 0) is 0 Å². The van der Waals surface area contributed by atoms with Gasteiger partial charge >= 0.3 is 0 Å². The summed E-state index contributed by atoms with van der Waals surface area (Å²) in [6.45, 7) is 0.965. The molecule has 2 rings (SSSR count). The number of carbonyl (C=O) groups is 1. The second kappa shape index (κ2) is 3.68. The van der Waals surface area contributed by atoms with Gasteiger partial charge in [-0.3, -0.25) is 4.79 Å². The molecule has 0 unspecified atom stereocenters. The second-order valence-electron chi connectivity index (χ2n) is 3.20. The van der Waals surface area contributed by atoms with Gasteiger partial charge in [0.05, 0.1) is 13.2 Å². The van der Waals surface area contributed by atoms with Crippen LogP contribution in [0.2, 0.25) is 0 Å². The number of primary amides is 1.